The summed E-state index contributed by atoms with van der Waals surface area (Å²) >= 11 is 0. The van der Waals surface area contributed by atoms with Gasteiger partial charge in [-0.25, -0.2) is 0 Å². The maximum absolute atomic E-state index is 9.03. The number of benzene rings is 4. The quantitative estimate of drug-likeness (QED) is 0.0376. The first-order valence-electron chi connectivity index (χ1n) is 24.1. The summed E-state index contributed by atoms with van der Waals surface area (Å²) in [6.45, 7) is 24.0. The lowest BCUT2D eigenvalue weighted by molar-refractivity contribution is 0.297. The maximum atomic E-state index is 9.03. The lowest BCUT2D eigenvalue weighted by Crippen LogP contribution is -2.58. The van der Waals surface area contributed by atoms with Crippen LogP contribution >= 0.6 is 0 Å². The molecule has 4 aromatic carbocycles. The van der Waals surface area contributed by atoms with Crippen LogP contribution in [0.5, 0.6) is 11.5 Å². The first kappa shape index (κ1) is 54.0. The molecule has 352 valence electrons. The third kappa shape index (κ3) is 21.3. The van der Waals surface area contributed by atoms with Gasteiger partial charge >= 0.3 is 25.7 Å². The van der Waals surface area contributed by atoms with Gasteiger partial charge in [0.25, 0.3) is 0 Å². The van der Waals surface area contributed by atoms with Gasteiger partial charge in [-0.2, -0.15) is 10.5 Å². The maximum Gasteiger partial charge on any atom is 0.314 e. The van der Waals surface area contributed by atoms with Gasteiger partial charge in [-0.05, 0) is 161 Å². The van der Waals surface area contributed by atoms with Gasteiger partial charge in [-0.1, -0.05) is 113 Å². The van der Waals surface area contributed by atoms with Crippen LogP contribution in [0, 0.1) is 22.7 Å². The Bertz CT molecular complexity index is 1930. The Morgan fingerprint density at radius 1 is 0.338 bits per heavy atom. The molecule has 0 saturated carbocycles. The Labute approximate surface area is 398 Å². The Kier molecular flexibility index (Phi) is 21.7. The zero-order valence-electron chi connectivity index (χ0n) is 41.4. The molecule has 0 N–H and O–H groups in total. The van der Waals surface area contributed by atoms with Gasteiger partial charge in [0.05, 0.1) is 36.5 Å². The first-order valence-corrected chi connectivity index (χ1v) is 38.7. The zero-order chi connectivity index (χ0) is 47.4. The highest BCUT2D eigenvalue weighted by atomic mass is 28.5. The Hall–Kier alpha value is -3.62. The van der Waals surface area contributed by atoms with Crippen LogP contribution in [0.1, 0.15) is 88.2 Å². The van der Waals surface area contributed by atoms with Crippen molar-refractivity contribution in [1.82, 2.24) is 0 Å². The highest BCUT2D eigenvalue weighted by molar-refractivity contribution is 6.90. The van der Waals surface area contributed by atoms with E-state index in [2.05, 4.69) is 102 Å². The zero-order valence-corrected chi connectivity index (χ0v) is 46.4. The van der Waals surface area contributed by atoms with Crippen LogP contribution < -0.4 is 9.47 Å². The molecule has 13 heteroatoms. The van der Waals surface area contributed by atoms with Crippen LogP contribution in [-0.2, 0) is 16.5 Å². The smallest absolute Gasteiger partial charge is 0.314 e. The monoisotopic (exact) mass is 966 g/mol. The summed E-state index contributed by atoms with van der Waals surface area (Å²) in [5, 5.41) is 18.1. The third-order valence-corrected chi connectivity index (χ3v) is 30.6. The molecule has 4 rings (SSSR count). The molecule has 0 heterocycles. The summed E-state index contributed by atoms with van der Waals surface area (Å²) in [6, 6.07) is 38.4. The average Bonchev–Trinajstić information content (AvgIpc) is 3.24. The predicted octanol–water partition coefficient (Wildman–Crippen LogP) is 15.5. The highest BCUT2D eigenvalue weighted by Gasteiger charge is 2.45. The Balaban J connectivity index is 1.02. The summed E-state index contributed by atoms with van der Waals surface area (Å²) in [6.07, 6.45) is 14.3. The van der Waals surface area contributed by atoms with E-state index in [1.54, 1.807) is 0 Å². The lowest BCUT2D eigenvalue weighted by atomic mass is 10.0. The lowest BCUT2D eigenvalue weighted by Gasteiger charge is -2.42. The van der Waals surface area contributed by atoms with Crippen molar-refractivity contribution >= 4 is 42.3 Å². The van der Waals surface area contributed by atoms with E-state index in [0.717, 1.165) is 71.9 Å². The third-order valence-electron chi connectivity index (χ3n) is 11.3. The van der Waals surface area contributed by atoms with Crippen LogP contribution in [0.4, 0.5) is 0 Å². The minimum Gasteiger partial charge on any atom is -0.494 e. The van der Waals surface area contributed by atoms with Crippen molar-refractivity contribution in [2.45, 2.75) is 155 Å². The van der Waals surface area contributed by atoms with Gasteiger partial charge < -0.3 is 25.9 Å². The van der Waals surface area contributed by atoms with E-state index in [4.69, 9.17) is 36.5 Å². The fraction of sp³-hybridized carbons (Fsp3) is 0.500. The van der Waals surface area contributed by atoms with Crippen molar-refractivity contribution in [3.8, 4) is 45.9 Å². The van der Waals surface area contributed by atoms with Gasteiger partial charge in [0, 0.05) is 0 Å². The van der Waals surface area contributed by atoms with Gasteiger partial charge in [0.1, 0.15) is 11.5 Å². The molecule has 0 spiro atoms. The summed E-state index contributed by atoms with van der Waals surface area (Å²) in [4.78, 5) is 0. The van der Waals surface area contributed by atoms with E-state index >= 15 is 0 Å². The molecule has 0 amide bonds. The second-order valence-electron chi connectivity index (χ2n) is 20.0. The fourth-order valence-electron chi connectivity index (χ4n) is 8.74. The van der Waals surface area contributed by atoms with Gasteiger partial charge in [-0.15, -0.1) is 0 Å². The van der Waals surface area contributed by atoms with Crippen molar-refractivity contribution < 1.29 is 25.9 Å². The number of rotatable bonds is 30. The number of nitriles is 2. The van der Waals surface area contributed by atoms with E-state index in [1.165, 1.54) is 64.2 Å². The van der Waals surface area contributed by atoms with E-state index in [1.807, 2.05) is 72.8 Å². The van der Waals surface area contributed by atoms with Crippen molar-refractivity contribution in [2.75, 3.05) is 13.2 Å². The van der Waals surface area contributed by atoms with E-state index in [0.29, 0.717) is 11.1 Å². The minimum absolute atomic E-state index is 0.673. The average molecular weight is 968 g/mol. The van der Waals surface area contributed by atoms with Crippen molar-refractivity contribution in [2.24, 2.45) is 0 Å². The standard InChI is InChI=1S/C52H78N2O6Si5/c1-61(2,41-21-17-13-11-15-19-39-55-51-35-31-49(32-36-51)47-27-23-45(43-53)24-28-47)57-63(5,6)59-65(9,10)60-64(7,8)58-62(3,4)42-22-18-14-12-16-20-40-56-52-37-33-50(34-38-52)48-29-25-46(44-54)26-30-48/h23-38H,11-22,39-42H2,1-10H3. The normalized spacial score (nSPS) is 12.4. The van der Waals surface area contributed by atoms with Crippen LogP contribution in [0.2, 0.25) is 77.6 Å². The summed E-state index contributed by atoms with van der Waals surface area (Å²) < 4.78 is 39.6. The van der Waals surface area contributed by atoms with Crippen LogP contribution in [0.3, 0.4) is 0 Å². The largest absolute Gasteiger partial charge is 0.494 e. The summed E-state index contributed by atoms with van der Waals surface area (Å²) in [5.74, 6) is 1.80. The SMILES string of the molecule is C[Si](C)(CCCCCCCCOc1ccc(-c2ccc(C#N)cc2)cc1)O[Si](C)(C)O[Si](C)(C)O[Si](C)(C)O[Si](C)(C)CCCCCCCCOc1ccc(-c2ccc(C#N)cc2)cc1. The molecule has 4 aromatic rings. The second kappa shape index (κ2) is 26.1. The number of ether oxygens (including phenoxy) is 2. The minimum atomic E-state index is -2.50. The molecule has 8 nitrogen and oxygen atoms in total. The molecule has 0 aliphatic carbocycles. The molecule has 0 atom stereocenters. The molecular formula is C52H78N2O6Si5. The van der Waals surface area contributed by atoms with Crippen LogP contribution in [-0.4, -0.2) is 55.5 Å². The second-order valence-corrected chi connectivity index (χ2v) is 39.7. The Morgan fingerprint density at radius 2 is 0.600 bits per heavy atom. The van der Waals surface area contributed by atoms with E-state index in [-0.39, 0.29) is 0 Å². The number of nitrogens with zero attached hydrogens (tertiary/aromatic N) is 2. The molecule has 0 aliphatic rings. The molecular weight excluding hydrogens is 889 g/mol. The Morgan fingerprint density at radius 3 is 0.908 bits per heavy atom. The number of hydrogen-bond donors (Lipinski definition) is 0. The molecule has 0 unspecified atom stereocenters. The van der Waals surface area contributed by atoms with Crippen molar-refractivity contribution in [3.63, 3.8) is 0 Å². The van der Waals surface area contributed by atoms with E-state index in [9.17, 15) is 0 Å². The molecule has 65 heavy (non-hydrogen) atoms. The molecule has 0 aromatic heterocycles. The molecule has 0 bridgehead atoms. The van der Waals surface area contributed by atoms with Gasteiger partial charge in [0.2, 0.25) is 0 Å². The van der Waals surface area contributed by atoms with Crippen molar-refractivity contribution in [3.05, 3.63) is 108 Å². The molecule has 0 radical (unpaired) electrons. The first-order chi connectivity index (χ1) is 30.8. The number of hydrogen-bond acceptors (Lipinski definition) is 8. The summed E-state index contributed by atoms with van der Waals surface area (Å²) in [5.41, 5.74) is 5.79. The van der Waals surface area contributed by atoms with Crippen LogP contribution in [0.15, 0.2) is 97.1 Å². The molecule has 0 saturated heterocycles. The number of unbranched alkanes of at least 4 members (excludes halogenated alkanes) is 10. The topological polar surface area (TPSA) is 103 Å². The highest BCUT2D eigenvalue weighted by Crippen LogP contribution is 2.30. The van der Waals surface area contributed by atoms with E-state index < -0.39 is 42.3 Å². The van der Waals surface area contributed by atoms with Crippen molar-refractivity contribution in [1.29, 1.82) is 10.5 Å². The predicted molar refractivity (Wildman–Crippen MR) is 281 cm³/mol. The fourth-order valence-corrected chi connectivity index (χ4v) is 33.5. The van der Waals surface area contributed by atoms with Crippen LogP contribution in [0.25, 0.3) is 22.3 Å². The van der Waals surface area contributed by atoms with Gasteiger partial charge in [-0.3, -0.25) is 0 Å². The van der Waals surface area contributed by atoms with Gasteiger partial charge in [0.15, 0.2) is 16.6 Å². The summed E-state index contributed by atoms with van der Waals surface area (Å²) in [7, 11) is -11.1. The molecule has 0 aliphatic heterocycles. The molecule has 0 fully saturated rings.